The topological polar surface area (TPSA) is 125 Å². The minimum absolute atomic E-state index is 0.141. The van der Waals surface area contributed by atoms with E-state index >= 15 is 0 Å². The number of primary amides is 1. The molecule has 2 fully saturated rings. The van der Waals surface area contributed by atoms with Gasteiger partial charge in [0.1, 0.15) is 5.82 Å². The van der Waals surface area contributed by atoms with Gasteiger partial charge in [-0.3, -0.25) is 9.59 Å². The molecule has 0 aromatic carbocycles. The van der Waals surface area contributed by atoms with Crippen molar-refractivity contribution in [2.75, 3.05) is 18.5 Å². The number of amides is 1. The fourth-order valence-electron chi connectivity index (χ4n) is 4.73. The van der Waals surface area contributed by atoms with Gasteiger partial charge in [-0.25, -0.2) is 9.67 Å². The van der Waals surface area contributed by atoms with Gasteiger partial charge in [-0.15, -0.1) is 0 Å². The van der Waals surface area contributed by atoms with Crippen molar-refractivity contribution < 1.29 is 14.3 Å². The molecule has 0 atom stereocenters. The lowest BCUT2D eigenvalue weighted by Crippen LogP contribution is -2.30. The average molecular weight is 439 g/mol. The maximum atomic E-state index is 13.1. The second kappa shape index (κ2) is 7.95. The third kappa shape index (κ3) is 4.13. The monoisotopic (exact) mass is 438 g/mol. The van der Waals surface area contributed by atoms with Crippen LogP contribution in [-0.4, -0.2) is 50.7 Å². The molecule has 0 spiro atoms. The van der Waals surface area contributed by atoms with E-state index in [9.17, 15) is 9.59 Å². The van der Waals surface area contributed by atoms with Crippen LogP contribution in [0, 0.1) is 11.3 Å². The van der Waals surface area contributed by atoms with Crippen molar-refractivity contribution in [2.24, 2.45) is 17.1 Å². The first-order valence-electron chi connectivity index (χ1n) is 11.5. The van der Waals surface area contributed by atoms with Gasteiger partial charge in [-0.1, -0.05) is 13.8 Å². The summed E-state index contributed by atoms with van der Waals surface area (Å²) < 4.78 is 7.14. The van der Waals surface area contributed by atoms with Crippen LogP contribution in [0.4, 0.5) is 5.82 Å². The number of fused-ring (bicyclic) bond motifs is 1. The molecular formula is C23H30N6O3. The van der Waals surface area contributed by atoms with Crippen LogP contribution in [0.3, 0.4) is 0 Å². The van der Waals surface area contributed by atoms with E-state index in [1.165, 1.54) is 19.0 Å². The van der Waals surface area contributed by atoms with Gasteiger partial charge in [0, 0.05) is 31.9 Å². The zero-order chi connectivity index (χ0) is 22.5. The molecule has 170 valence electrons. The van der Waals surface area contributed by atoms with Crippen LogP contribution in [0.1, 0.15) is 78.1 Å². The van der Waals surface area contributed by atoms with Crippen molar-refractivity contribution in [1.82, 2.24) is 19.7 Å². The Morgan fingerprint density at radius 2 is 2.00 bits per heavy atom. The lowest BCUT2D eigenvalue weighted by Gasteiger charge is -2.29. The van der Waals surface area contributed by atoms with Crippen LogP contribution in [-0.2, 0) is 17.6 Å². The largest absolute Gasteiger partial charge is 0.381 e. The van der Waals surface area contributed by atoms with E-state index in [2.05, 4.69) is 29.1 Å². The summed E-state index contributed by atoms with van der Waals surface area (Å²) in [6.45, 7) is 5.52. The van der Waals surface area contributed by atoms with Gasteiger partial charge >= 0.3 is 0 Å². The molecule has 1 amide bonds. The number of aromatic nitrogens is 4. The zero-order valence-corrected chi connectivity index (χ0v) is 18.7. The molecule has 3 N–H and O–H groups in total. The first-order valence-corrected chi connectivity index (χ1v) is 11.5. The summed E-state index contributed by atoms with van der Waals surface area (Å²) in [4.78, 5) is 34.2. The van der Waals surface area contributed by atoms with Gasteiger partial charge in [0.15, 0.2) is 5.78 Å². The van der Waals surface area contributed by atoms with Gasteiger partial charge in [-0.05, 0) is 49.9 Å². The summed E-state index contributed by atoms with van der Waals surface area (Å²) >= 11 is 0. The Hall–Kier alpha value is -2.81. The third-order valence-corrected chi connectivity index (χ3v) is 6.59. The molecule has 2 aromatic heterocycles. The number of ether oxygens (including phenoxy) is 1. The Labute approximate surface area is 187 Å². The maximum absolute atomic E-state index is 13.1. The molecule has 2 aromatic rings. The van der Waals surface area contributed by atoms with Crippen molar-refractivity contribution in [3.8, 4) is 5.95 Å². The molecule has 9 nitrogen and oxygen atoms in total. The Bertz CT molecular complexity index is 1070. The highest BCUT2D eigenvalue weighted by Crippen LogP contribution is 2.40. The minimum Gasteiger partial charge on any atom is -0.381 e. The molecule has 3 heterocycles. The van der Waals surface area contributed by atoms with E-state index in [1.807, 2.05) is 0 Å². The van der Waals surface area contributed by atoms with Gasteiger partial charge in [0.2, 0.25) is 0 Å². The number of Topliss-reactive ketones (excluding diaryl/α,β-unsaturated/α-hetero) is 1. The third-order valence-electron chi connectivity index (χ3n) is 6.59. The quantitative estimate of drug-likeness (QED) is 0.710. The summed E-state index contributed by atoms with van der Waals surface area (Å²) in [7, 11) is 0. The predicted molar refractivity (Wildman–Crippen MR) is 118 cm³/mol. The fourth-order valence-corrected chi connectivity index (χ4v) is 4.73. The lowest BCUT2D eigenvalue weighted by molar-refractivity contribution is 0.0901. The summed E-state index contributed by atoms with van der Waals surface area (Å²) in [5.74, 6) is 0.929. The Kier molecular flexibility index (Phi) is 5.23. The molecule has 0 bridgehead atoms. The number of nitrogens with two attached hydrogens (primary N) is 1. The molecule has 1 aliphatic heterocycles. The second-order valence-electron chi connectivity index (χ2n) is 10.1. The molecule has 0 radical (unpaired) electrons. The van der Waals surface area contributed by atoms with Gasteiger partial charge < -0.3 is 15.8 Å². The number of carbonyl (C=O) groups is 2. The Morgan fingerprint density at radius 3 is 2.69 bits per heavy atom. The lowest BCUT2D eigenvalue weighted by atomic mass is 9.75. The Balaban J connectivity index is 1.57. The zero-order valence-electron chi connectivity index (χ0n) is 18.7. The van der Waals surface area contributed by atoms with Crippen LogP contribution in [0.5, 0.6) is 0 Å². The number of carbonyl (C=O) groups excluding carboxylic acids is 2. The van der Waals surface area contributed by atoms with Crippen molar-refractivity contribution in [3.63, 3.8) is 0 Å². The molecule has 1 saturated heterocycles. The minimum atomic E-state index is -0.584. The standard InChI is InChI=1S/C23H30N6O3/c1-23(2)10-17-19(18(30)11-23)16(9-13-3-4-13)28-29(17)22-25-12-15(20(24)31)21(27-22)26-14-5-7-32-8-6-14/h12-14H,3-11H2,1-2H3,(H2,24,31)(H,25,26,27). The van der Waals surface area contributed by atoms with Crippen LogP contribution >= 0.6 is 0 Å². The number of hydrogen-bond donors (Lipinski definition) is 2. The van der Waals surface area contributed by atoms with Crippen LogP contribution in [0.15, 0.2) is 6.20 Å². The smallest absolute Gasteiger partial charge is 0.254 e. The molecule has 32 heavy (non-hydrogen) atoms. The van der Waals surface area contributed by atoms with E-state index in [1.54, 1.807) is 4.68 Å². The summed E-state index contributed by atoms with van der Waals surface area (Å²) in [6, 6.07) is 0.141. The van der Waals surface area contributed by atoms with E-state index in [0.29, 0.717) is 37.3 Å². The van der Waals surface area contributed by atoms with Crippen LogP contribution in [0.2, 0.25) is 0 Å². The highest BCUT2D eigenvalue weighted by Gasteiger charge is 2.38. The SMILES string of the molecule is CC1(C)CC(=O)c2c(CC3CC3)nn(-c3ncc(C(N)=O)c(NC4CCOCC4)n3)c2C1. The second-order valence-corrected chi connectivity index (χ2v) is 10.1. The molecule has 5 rings (SSSR count). The predicted octanol–water partition coefficient (Wildman–Crippen LogP) is 2.46. The van der Waals surface area contributed by atoms with Gasteiger partial charge in [-0.2, -0.15) is 10.1 Å². The molecule has 9 heteroatoms. The van der Waals surface area contributed by atoms with Gasteiger partial charge in [0.05, 0.1) is 22.5 Å². The van der Waals surface area contributed by atoms with Crippen molar-refractivity contribution in [1.29, 1.82) is 0 Å². The molecule has 1 saturated carbocycles. The number of rotatable bonds is 6. The van der Waals surface area contributed by atoms with E-state index < -0.39 is 5.91 Å². The van der Waals surface area contributed by atoms with E-state index in [4.69, 9.17) is 15.6 Å². The molecular weight excluding hydrogens is 408 g/mol. The van der Waals surface area contributed by atoms with Crippen LogP contribution in [0.25, 0.3) is 5.95 Å². The van der Waals surface area contributed by atoms with Gasteiger partial charge in [0.25, 0.3) is 11.9 Å². The van der Waals surface area contributed by atoms with Crippen molar-refractivity contribution in [2.45, 2.75) is 64.8 Å². The highest BCUT2D eigenvalue weighted by molar-refractivity contribution is 6.00. The first kappa shape index (κ1) is 21.1. The fraction of sp³-hybridized carbons (Fsp3) is 0.609. The van der Waals surface area contributed by atoms with Crippen molar-refractivity contribution >= 4 is 17.5 Å². The van der Waals surface area contributed by atoms with E-state index in [-0.39, 0.29) is 22.8 Å². The summed E-state index contributed by atoms with van der Waals surface area (Å²) in [6.07, 6.45) is 7.52. The van der Waals surface area contributed by atoms with Crippen LogP contribution < -0.4 is 11.1 Å². The molecule has 0 unspecified atom stereocenters. The number of ketones is 1. The van der Waals surface area contributed by atoms with E-state index in [0.717, 1.165) is 42.6 Å². The average Bonchev–Trinajstić information content (AvgIpc) is 3.47. The summed E-state index contributed by atoms with van der Waals surface area (Å²) in [5, 5.41) is 8.18. The maximum Gasteiger partial charge on any atom is 0.254 e. The number of anilines is 1. The summed E-state index contributed by atoms with van der Waals surface area (Å²) in [5.41, 5.74) is 8.14. The Morgan fingerprint density at radius 1 is 1.25 bits per heavy atom. The number of nitrogens with zero attached hydrogens (tertiary/aromatic N) is 4. The highest BCUT2D eigenvalue weighted by atomic mass is 16.5. The number of nitrogens with one attached hydrogen (secondary N) is 1. The normalized spacial score (nSPS) is 20.8. The van der Waals surface area contributed by atoms with Crippen molar-refractivity contribution in [3.05, 3.63) is 28.7 Å². The molecule has 2 aliphatic carbocycles. The number of hydrogen-bond acceptors (Lipinski definition) is 7. The first-order chi connectivity index (χ1) is 15.3. The molecule has 3 aliphatic rings.